The highest BCUT2D eigenvalue weighted by Crippen LogP contribution is 2.32. The number of hydrogen-bond acceptors (Lipinski definition) is 4. The van der Waals surface area contributed by atoms with Crippen molar-refractivity contribution in [3.63, 3.8) is 0 Å². The molecule has 1 saturated heterocycles. The largest absolute Gasteiger partial charge is 0.329 e. The lowest BCUT2D eigenvalue weighted by molar-refractivity contribution is -0.122. The molecule has 2 N–H and O–H groups in total. The smallest absolute Gasteiger partial charge is 0.293 e. The van der Waals surface area contributed by atoms with Crippen LogP contribution in [-0.4, -0.2) is 29.1 Å². The standard InChI is InChI=1S/C11H18N2O2S/c1-3-8(4-2)7-9-10(14)13(6-5-12)11(15)16-9/h7-8H,3-6,12H2,1-2H3. The van der Waals surface area contributed by atoms with Gasteiger partial charge < -0.3 is 5.73 Å². The van der Waals surface area contributed by atoms with Gasteiger partial charge in [0.15, 0.2) is 0 Å². The summed E-state index contributed by atoms with van der Waals surface area (Å²) in [4.78, 5) is 25.1. The average Bonchev–Trinajstić information content (AvgIpc) is 2.54. The van der Waals surface area contributed by atoms with Crippen LogP contribution in [0.2, 0.25) is 0 Å². The molecule has 1 aliphatic heterocycles. The highest BCUT2D eigenvalue weighted by Gasteiger charge is 2.34. The second-order valence-electron chi connectivity index (χ2n) is 3.72. The van der Waals surface area contributed by atoms with Crippen LogP contribution in [0.25, 0.3) is 0 Å². The molecule has 0 aliphatic carbocycles. The molecule has 0 unspecified atom stereocenters. The van der Waals surface area contributed by atoms with Crippen molar-refractivity contribution in [1.82, 2.24) is 4.90 Å². The molecule has 1 heterocycles. The molecule has 0 saturated carbocycles. The van der Waals surface area contributed by atoms with Gasteiger partial charge >= 0.3 is 0 Å². The summed E-state index contributed by atoms with van der Waals surface area (Å²) in [6.07, 6.45) is 3.89. The molecule has 16 heavy (non-hydrogen) atoms. The van der Waals surface area contributed by atoms with Gasteiger partial charge in [0.2, 0.25) is 0 Å². The molecule has 90 valence electrons. The molecule has 0 radical (unpaired) electrons. The normalized spacial score (nSPS) is 19.2. The fourth-order valence-electron chi connectivity index (χ4n) is 1.57. The van der Waals surface area contributed by atoms with Crippen molar-refractivity contribution in [2.45, 2.75) is 26.7 Å². The van der Waals surface area contributed by atoms with E-state index in [9.17, 15) is 9.59 Å². The van der Waals surface area contributed by atoms with E-state index in [1.54, 1.807) is 0 Å². The Labute approximate surface area is 100 Å². The third kappa shape index (κ3) is 2.86. The van der Waals surface area contributed by atoms with Crippen LogP contribution in [0.4, 0.5) is 4.79 Å². The number of thioether (sulfide) groups is 1. The minimum absolute atomic E-state index is 0.188. The molecule has 5 heteroatoms. The van der Waals surface area contributed by atoms with Crippen LogP contribution in [0.3, 0.4) is 0 Å². The van der Waals surface area contributed by atoms with Crippen molar-refractivity contribution < 1.29 is 9.59 Å². The molecule has 0 spiro atoms. The van der Waals surface area contributed by atoms with Crippen molar-refractivity contribution in [1.29, 1.82) is 0 Å². The van der Waals surface area contributed by atoms with Crippen molar-refractivity contribution in [2.75, 3.05) is 13.1 Å². The zero-order valence-corrected chi connectivity index (χ0v) is 10.5. The Hall–Kier alpha value is -0.810. The number of amides is 2. The minimum atomic E-state index is -0.201. The maximum Gasteiger partial charge on any atom is 0.293 e. The van der Waals surface area contributed by atoms with E-state index in [1.807, 2.05) is 6.08 Å². The first-order valence-electron chi connectivity index (χ1n) is 5.59. The van der Waals surface area contributed by atoms with Crippen molar-refractivity contribution in [3.8, 4) is 0 Å². The Morgan fingerprint density at radius 3 is 2.50 bits per heavy atom. The fraction of sp³-hybridized carbons (Fsp3) is 0.636. The third-order valence-corrected chi connectivity index (χ3v) is 3.59. The number of allylic oxidation sites excluding steroid dienone is 1. The fourth-order valence-corrected chi connectivity index (χ4v) is 2.50. The number of hydrogen-bond donors (Lipinski definition) is 1. The van der Waals surface area contributed by atoms with Gasteiger partial charge in [0.05, 0.1) is 4.91 Å². The summed E-state index contributed by atoms with van der Waals surface area (Å²) in [5.41, 5.74) is 5.36. The van der Waals surface area contributed by atoms with Crippen LogP contribution < -0.4 is 5.73 Å². The van der Waals surface area contributed by atoms with Crippen molar-refractivity contribution >= 4 is 22.9 Å². The SMILES string of the molecule is CCC(C=C1SC(=O)N(CCN)C1=O)CC. The van der Waals surface area contributed by atoms with Crippen LogP contribution in [0.15, 0.2) is 11.0 Å². The zero-order valence-electron chi connectivity index (χ0n) is 9.73. The monoisotopic (exact) mass is 242 g/mol. The molecule has 0 aromatic heterocycles. The Bertz CT molecular complexity index is 311. The summed E-state index contributed by atoms with van der Waals surface area (Å²) < 4.78 is 0. The quantitative estimate of drug-likeness (QED) is 0.749. The first kappa shape index (κ1) is 13.3. The lowest BCUT2D eigenvalue weighted by atomic mass is 10.0. The Morgan fingerprint density at radius 2 is 2.00 bits per heavy atom. The first-order valence-corrected chi connectivity index (χ1v) is 6.41. The first-order chi connectivity index (χ1) is 7.63. The van der Waals surface area contributed by atoms with E-state index >= 15 is 0 Å². The maximum atomic E-state index is 11.8. The van der Waals surface area contributed by atoms with E-state index in [-0.39, 0.29) is 11.1 Å². The summed E-state index contributed by atoms with van der Waals surface area (Å²) in [6, 6.07) is 0. The van der Waals surface area contributed by atoms with Gasteiger partial charge in [0.25, 0.3) is 11.1 Å². The molecule has 0 aromatic carbocycles. The second-order valence-corrected chi connectivity index (χ2v) is 4.71. The molecule has 0 bridgehead atoms. The predicted octanol–water partition coefficient (Wildman–Crippen LogP) is 1.96. The van der Waals surface area contributed by atoms with Crippen LogP contribution >= 0.6 is 11.8 Å². The van der Waals surface area contributed by atoms with E-state index in [4.69, 9.17) is 5.73 Å². The highest BCUT2D eigenvalue weighted by atomic mass is 32.2. The average molecular weight is 242 g/mol. The molecule has 0 aromatic rings. The van der Waals surface area contributed by atoms with Gasteiger partial charge in [-0.25, -0.2) is 0 Å². The number of nitrogens with zero attached hydrogens (tertiary/aromatic N) is 1. The van der Waals surface area contributed by atoms with Crippen LogP contribution in [0.1, 0.15) is 26.7 Å². The maximum absolute atomic E-state index is 11.8. The van der Waals surface area contributed by atoms with Crippen LogP contribution in [0, 0.1) is 5.92 Å². The zero-order chi connectivity index (χ0) is 12.1. The second kappa shape index (κ2) is 6.06. The summed E-state index contributed by atoms with van der Waals surface area (Å²) >= 11 is 1.02. The molecule has 4 nitrogen and oxygen atoms in total. The molecule has 1 aliphatic rings. The molecular formula is C11H18N2O2S. The van der Waals surface area contributed by atoms with Gasteiger partial charge in [-0.1, -0.05) is 19.9 Å². The van der Waals surface area contributed by atoms with Gasteiger partial charge in [0.1, 0.15) is 0 Å². The number of rotatable bonds is 5. The molecule has 2 amide bonds. The predicted molar refractivity (Wildman–Crippen MR) is 65.9 cm³/mol. The lowest BCUT2D eigenvalue weighted by Crippen LogP contribution is -2.33. The van der Waals surface area contributed by atoms with Gasteiger partial charge in [-0.05, 0) is 30.5 Å². The van der Waals surface area contributed by atoms with Crippen LogP contribution in [-0.2, 0) is 4.79 Å². The molecule has 1 fully saturated rings. The topological polar surface area (TPSA) is 63.4 Å². The number of carbonyl (C=O) groups is 2. The molecule has 1 rings (SSSR count). The van der Waals surface area contributed by atoms with Gasteiger partial charge in [0, 0.05) is 13.1 Å². The summed E-state index contributed by atoms with van der Waals surface area (Å²) in [6.45, 7) is 4.78. The number of nitrogens with two attached hydrogens (primary N) is 1. The van der Waals surface area contributed by atoms with E-state index in [0.29, 0.717) is 23.9 Å². The van der Waals surface area contributed by atoms with Gasteiger partial charge in [-0.2, -0.15) is 0 Å². The highest BCUT2D eigenvalue weighted by molar-refractivity contribution is 8.18. The third-order valence-electron chi connectivity index (χ3n) is 2.66. The van der Waals surface area contributed by atoms with E-state index in [0.717, 1.165) is 24.6 Å². The molecular weight excluding hydrogens is 224 g/mol. The minimum Gasteiger partial charge on any atom is -0.329 e. The summed E-state index contributed by atoms with van der Waals surface area (Å²) in [7, 11) is 0. The Kier molecular flexibility index (Phi) is 5.02. The van der Waals surface area contributed by atoms with Crippen molar-refractivity contribution in [3.05, 3.63) is 11.0 Å². The van der Waals surface area contributed by atoms with E-state index < -0.39 is 0 Å². The summed E-state index contributed by atoms with van der Waals surface area (Å²) in [5, 5.41) is -0.201. The number of imide groups is 1. The van der Waals surface area contributed by atoms with Gasteiger partial charge in [-0.15, -0.1) is 0 Å². The van der Waals surface area contributed by atoms with Gasteiger partial charge in [-0.3, -0.25) is 14.5 Å². The Morgan fingerprint density at radius 1 is 1.38 bits per heavy atom. The van der Waals surface area contributed by atoms with E-state index in [2.05, 4.69) is 13.8 Å². The van der Waals surface area contributed by atoms with Crippen molar-refractivity contribution in [2.24, 2.45) is 11.7 Å². The number of carbonyl (C=O) groups excluding carboxylic acids is 2. The lowest BCUT2D eigenvalue weighted by Gasteiger charge is -2.10. The molecule has 0 atom stereocenters. The summed E-state index contributed by atoms with van der Waals surface area (Å²) in [5.74, 6) is 0.185. The Balaban J connectivity index is 2.78. The van der Waals surface area contributed by atoms with E-state index in [1.165, 1.54) is 4.90 Å². The van der Waals surface area contributed by atoms with Crippen LogP contribution in [0.5, 0.6) is 0 Å².